The lowest BCUT2D eigenvalue weighted by atomic mass is 9.82. The van der Waals surface area contributed by atoms with Gasteiger partial charge in [0.15, 0.2) is 0 Å². The summed E-state index contributed by atoms with van der Waals surface area (Å²) in [5.41, 5.74) is 8.46. The number of rotatable bonds is 4. The Morgan fingerprint density at radius 3 is 2.78 bits per heavy atom. The van der Waals surface area contributed by atoms with Crippen LogP contribution in [0, 0.1) is 16.7 Å². The maximum absolute atomic E-state index is 9.82. The summed E-state index contributed by atoms with van der Waals surface area (Å²) in [4.78, 5) is 0.820. The molecule has 1 atom stereocenters. The first-order chi connectivity index (χ1) is 13.0. The molecule has 0 saturated heterocycles. The first-order valence-corrected chi connectivity index (χ1v) is 9.64. The number of nitrogens with one attached hydrogen (secondary N) is 2. The molecule has 2 heterocycles. The van der Waals surface area contributed by atoms with E-state index in [2.05, 4.69) is 27.3 Å². The third-order valence-corrected chi connectivity index (χ3v) is 5.73. The Bertz CT molecular complexity index is 990. The molecule has 1 aliphatic rings. The van der Waals surface area contributed by atoms with Crippen LogP contribution in [0.25, 0.3) is 5.70 Å². The van der Waals surface area contributed by atoms with Gasteiger partial charge in [-0.25, -0.2) is 0 Å². The number of nitriles is 1. The van der Waals surface area contributed by atoms with Gasteiger partial charge in [-0.15, -0.1) is 11.3 Å². The molecule has 1 unspecified atom stereocenters. The first kappa shape index (κ1) is 19.0. The van der Waals surface area contributed by atoms with Gasteiger partial charge in [-0.05, 0) is 45.1 Å². The van der Waals surface area contributed by atoms with Crippen molar-refractivity contribution in [3.8, 4) is 11.8 Å². The van der Waals surface area contributed by atoms with Gasteiger partial charge in [0.1, 0.15) is 17.4 Å². The molecule has 0 bridgehead atoms. The van der Waals surface area contributed by atoms with Crippen molar-refractivity contribution in [2.75, 3.05) is 14.2 Å². The van der Waals surface area contributed by atoms with Crippen LogP contribution in [0.5, 0.6) is 5.75 Å². The van der Waals surface area contributed by atoms with Crippen molar-refractivity contribution in [1.82, 2.24) is 5.32 Å². The van der Waals surface area contributed by atoms with E-state index in [4.69, 9.17) is 20.6 Å². The molecule has 0 fully saturated rings. The average molecular weight is 445 g/mol. The van der Waals surface area contributed by atoms with Crippen LogP contribution in [-0.2, 0) is 4.74 Å². The standard InChI is InChI=1S/C19H17BrN4O2S/c1-24-19-11(9-21)15(10-5-6-13(25-2)12(20)8-10)16(18(23)26-19)17(22)14-4-3-7-27-14/h3-8,15,23-24H,22H2,1-2H3/b17-16-,23-18?. The van der Waals surface area contributed by atoms with E-state index in [-0.39, 0.29) is 11.8 Å². The third kappa shape index (κ3) is 3.44. The Labute approximate surface area is 169 Å². The molecule has 138 valence electrons. The van der Waals surface area contributed by atoms with Crippen LogP contribution in [-0.4, -0.2) is 20.1 Å². The Kier molecular flexibility index (Phi) is 5.54. The van der Waals surface area contributed by atoms with Crippen LogP contribution < -0.4 is 15.8 Å². The number of thiophene rings is 1. The van der Waals surface area contributed by atoms with Crippen LogP contribution >= 0.6 is 27.3 Å². The van der Waals surface area contributed by atoms with E-state index in [9.17, 15) is 5.26 Å². The molecule has 1 aliphatic heterocycles. The van der Waals surface area contributed by atoms with E-state index < -0.39 is 5.92 Å². The van der Waals surface area contributed by atoms with Gasteiger partial charge in [0, 0.05) is 7.05 Å². The van der Waals surface area contributed by atoms with Crippen LogP contribution in [0.1, 0.15) is 16.4 Å². The number of ether oxygens (including phenoxy) is 2. The van der Waals surface area contributed by atoms with Gasteiger partial charge in [0.05, 0.1) is 33.6 Å². The van der Waals surface area contributed by atoms with Gasteiger partial charge in [-0.1, -0.05) is 12.1 Å². The summed E-state index contributed by atoms with van der Waals surface area (Å²) < 4.78 is 11.6. The minimum Gasteiger partial charge on any atom is -0.496 e. The lowest BCUT2D eigenvalue weighted by Gasteiger charge is -2.29. The number of halogens is 1. The summed E-state index contributed by atoms with van der Waals surface area (Å²) in [7, 11) is 3.24. The summed E-state index contributed by atoms with van der Waals surface area (Å²) in [5, 5.41) is 23.0. The first-order valence-electron chi connectivity index (χ1n) is 7.97. The largest absolute Gasteiger partial charge is 0.496 e. The second-order valence-corrected chi connectivity index (χ2v) is 7.47. The number of hydrogen-bond acceptors (Lipinski definition) is 7. The van der Waals surface area contributed by atoms with Crippen molar-refractivity contribution in [2.45, 2.75) is 5.92 Å². The fraction of sp³-hybridized carbons (Fsp3) is 0.158. The number of methoxy groups -OCH3 is 1. The van der Waals surface area contributed by atoms with Crippen molar-refractivity contribution in [3.05, 3.63) is 67.7 Å². The van der Waals surface area contributed by atoms with Crippen molar-refractivity contribution < 1.29 is 9.47 Å². The summed E-state index contributed by atoms with van der Waals surface area (Å²) in [5.74, 6) is 0.306. The topological polar surface area (TPSA) is 104 Å². The number of nitrogens with two attached hydrogens (primary N) is 1. The van der Waals surface area contributed by atoms with Gasteiger partial charge in [0.25, 0.3) is 0 Å². The van der Waals surface area contributed by atoms with Gasteiger partial charge >= 0.3 is 0 Å². The SMILES string of the molecule is CNC1=C(C#N)C(c2ccc(OC)c(Br)c2)/C(=C(/N)c2cccs2)C(=N)O1. The molecular weight excluding hydrogens is 428 g/mol. The highest BCUT2D eigenvalue weighted by Gasteiger charge is 2.36. The fourth-order valence-corrected chi connectivity index (χ4v) is 4.21. The molecule has 1 aromatic carbocycles. The Hall–Kier alpha value is -2.76. The minimum absolute atomic E-state index is 0.0822. The molecule has 27 heavy (non-hydrogen) atoms. The Morgan fingerprint density at radius 1 is 1.44 bits per heavy atom. The molecule has 4 N–H and O–H groups in total. The monoisotopic (exact) mass is 444 g/mol. The molecule has 0 radical (unpaired) electrons. The van der Waals surface area contributed by atoms with Crippen molar-refractivity contribution in [1.29, 1.82) is 10.7 Å². The molecule has 0 amide bonds. The van der Waals surface area contributed by atoms with E-state index in [1.165, 1.54) is 11.3 Å². The van der Waals surface area contributed by atoms with Crippen molar-refractivity contribution in [3.63, 3.8) is 0 Å². The predicted octanol–water partition coefficient (Wildman–Crippen LogP) is 3.93. The zero-order valence-corrected chi connectivity index (χ0v) is 17.1. The van der Waals surface area contributed by atoms with Gasteiger partial charge in [0.2, 0.25) is 11.8 Å². The highest BCUT2D eigenvalue weighted by Crippen LogP contribution is 2.42. The normalized spacial score (nSPS) is 18.6. The number of nitrogens with zero attached hydrogens (tertiary/aromatic N) is 1. The van der Waals surface area contributed by atoms with Gasteiger partial charge in [-0.2, -0.15) is 5.26 Å². The van der Waals surface area contributed by atoms with Gasteiger partial charge < -0.3 is 20.5 Å². The summed E-state index contributed by atoms with van der Waals surface area (Å²) in [6.07, 6.45) is 0. The minimum atomic E-state index is -0.539. The molecule has 0 aliphatic carbocycles. The van der Waals surface area contributed by atoms with E-state index >= 15 is 0 Å². The zero-order valence-electron chi connectivity index (χ0n) is 14.7. The van der Waals surface area contributed by atoms with E-state index in [1.54, 1.807) is 14.2 Å². The molecule has 6 nitrogen and oxygen atoms in total. The summed E-state index contributed by atoms with van der Waals surface area (Å²) in [6.45, 7) is 0. The van der Waals surface area contributed by atoms with Crippen LogP contribution in [0.2, 0.25) is 0 Å². The fourth-order valence-electron chi connectivity index (χ4n) is 2.96. The van der Waals surface area contributed by atoms with E-state index in [0.29, 0.717) is 22.6 Å². The molecule has 2 aromatic rings. The quantitative estimate of drug-likeness (QED) is 0.662. The molecule has 0 spiro atoms. The van der Waals surface area contributed by atoms with Crippen molar-refractivity contribution in [2.24, 2.45) is 5.73 Å². The average Bonchev–Trinajstić information content (AvgIpc) is 3.21. The van der Waals surface area contributed by atoms with E-state index in [0.717, 1.165) is 14.9 Å². The maximum Gasteiger partial charge on any atom is 0.220 e. The lowest BCUT2D eigenvalue weighted by molar-refractivity contribution is 0.358. The van der Waals surface area contributed by atoms with E-state index in [1.807, 2.05) is 35.7 Å². The Morgan fingerprint density at radius 2 is 2.22 bits per heavy atom. The van der Waals surface area contributed by atoms with Crippen molar-refractivity contribution >= 4 is 38.9 Å². The lowest BCUT2D eigenvalue weighted by Crippen LogP contribution is -2.30. The van der Waals surface area contributed by atoms with Crippen LogP contribution in [0.4, 0.5) is 0 Å². The van der Waals surface area contributed by atoms with Gasteiger partial charge in [-0.3, -0.25) is 5.41 Å². The molecule has 3 rings (SSSR count). The highest BCUT2D eigenvalue weighted by molar-refractivity contribution is 9.10. The summed E-state index contributed by atoms with van der Waals surface area (Å²) >= 11 is 4.96. The third-order valence-electron chi connectivity index (χ3n) is 4.20. The van der Waals surface area contributed by atoms with Crippen LogP contribution in [0.3, 0.4) is 0 Å². The number of hydrogen-bond donors (Lipinski definition) is 3. The predicted molar refractivity (Wildman–Crippen MR) is 109 cm³/mol. The molecule has 8 heteroatoms. The molecule has 0 saturated carbocycles. The molecular formula is C19H17BrN4O2S. The number of allylic oxidation sites excluding steroid dienone is 1. The molecule has 1 aromatic heterocycles. The Balaban J connectivity index is 2.28. The maximum atomic E-state index is 9.82. The van der Waals surface area contributed by atoms with Crippen LogP contribution in [0.15, 0.2) is 57.2 Å². The highest BCUT2D eigenvalue weighted by atomic mass is 79.9. The second kappa shape index (κ2) is 7.86. The number of benzene rings is 1. The summed E-state index contributed by atoms with van der Waals surface area (Å²) in [6, 6.07) is 11.5. The smallest absolute Gasteiger partial charge is 0.220 e. The zero-order chi connectivity index (χ0) is 19.6. The second-order valence-electron chi connectivity index (χ2n) is 5.67.